The summed E-state index contributed by atoms with van der Waals surface area (Å²) in [6, 6.07) is 9.08. The normalized spacial score (nSPS) is 10.6. The Balaban J connectivity index is 1.93. The largest absolute Gasteiger partial charge is 0.490 e. The van der Waals surface area contributed by atoms with Gasteiger partial charge in [-0.05, 0) is 44.2 Å². The van der Waals surface area contributed by atoms with Crippen molar-refractivity contribution in [3.05, 3.63) is 36.6 Å². The Morgan fingerprint density at radius 2 is 1.86 bits per heavy atom. The first-order chi connectivity index (χ1) is 10.8. The van der Waals surface area contributed by atoms with Crippen molar-refractivity contribution in [3.8, 4) is 34.5 Å². The highest BCUT2D eigenvalue weighted by Crippen LogP contribution is 2.32. The Hall–Kier alpha value is -2.76. The van der Waals surface area contributed by atoms with Crippen LogP contribution >= 0.6 is 0 Å². The van der Waals surface area contributed by atoms with E-state index in [0.717, 1.165) is 5.56 Å². The average molecular weight is 300 g/mol. The van der Waals surface area contributed by atoms with Crippen LogP contribution in [-0.2, 0) is 0 Å². The molecule has 0 atom stereocenters. The molecule has 6 nitrogen and oxygen atoms in total. The molecule has 0 bridgehead atoms. The van der Waals surface area contributed by atoms with Crippen molar-refractivity contribution in [1.29, 1.82) is 0 Å². The van der Waals surface area contributed by atoms with Crippen LogP contribution in [0.3, 0.4) is 0 Å². The van der Waals surface area contributed by atoms with Gasteiger partial charge < -0.3 is 18.4 Å². The van der Waals surface area contributed by atoms with E-state index >= 15 is 0 Å². The van der Waals surface area contributed by atoms with Gasteiger partial charge in [-0.2, -0.15) is 4.98 Å². The number of nitrogens with zero attached hydrogens (tertiary/aromatic N) is 2. The second-order valence-electron chi connectivity index (χ2n) is 4.43. The summed E-state index contributed by atoms with van der Waals surface area (Å²) >= 11 is 0. The molecule has 0 aliphatic heterocycles. The number of furan rings is 1. The van der Waals surface area contributed by atoms with Gasteiger partial charge in [0.15, 0.2) is 17.3 Å². The fourth-order valence-corrected chi connectivity index (χ4v) is 2.03. The van der Waals surface area contributed by atoms with Crippen LogP contribution in [0.4, 0.5) is 0 Å². The van der Waals surface area contributed by atoms with Gasteiger partial charge in [-0.15, -0.1) is 0 Å². The minimum absolute atomic E-state index is 0.340. The predicted molar refractivity (Wildman–Crippen MR) is 79.8 cm³/mol. The van der Waals surface area contributed by atoms with Crippen LogP contribution in [-0.4, -0.2) is 23.4 Å². The molecule has 0 aliphatic carbocycles. The molecular weight excluding hydrogens is 284 g/mol. The number of rotatable bonds is 6. The van der Waals surface area contributed by atoms with E-state index < -0.39 is 0 Å². The zero-order valence-corrected chi connectivity index (χ0v) is 12.4. The van der Waals surface area contributed by atoms with Crippen molar-refractivity contribution in [2.45, 2.75) is 13.8 Å². The van der Waals surface area contributed by atoms with Gasteiger partial charge in [-0.3, -0.25) is 0 Å². The average Bonchev–Trinajstić information content (AvgIpc) is 3.20. The van der Waals surface area contributed by atoms with E-state index in [1.807, 2.05) is 32.0 Å². The van der Waals surface area contributed by atoms with Gasteiger partial charge >= 0.3 is 0 Å². The van der Waals surface area contributed by atoms with Crippen molar-refractivity contribution in [2.24, 2.45) is 0 Å². The van der Waals surface area contributed by atoms with Crippen LogP contribution < -0.4 is 9.47 Å². The van der Waals surface area contributed by atoms with Gasteiger partial charge in [0.2, 0.25) is 5.82 Å². The third-order valence-electron chi connectivity index (χ3n) is 2.96. The molecule has 0 unspecified atom stereocenters. The fraction of sp³-hybridized carbons (Fsp3) is 0.250. The van der Waals surface area contributed by atoms with Crippen molar-refractivity contribution in [3.63, 3.8) is 0 Å². The number of aromatic nitrogens is 2. The predicted octanol–water partition coefficient (Wildman–Crippen LogP) is 3.79. The highest BCUT2D eigenvalue weighted by Gasteiger charge is 2.14. The first-order valence-corrected chi connectivity index (χ1v) is 7.09. The molecule has 3 rings (SSSR count). The number of benzene rings is 1. The van der Waals surface area contributed by atoms with Crippen molar-refractivity contribution >= 4 is 0 Å². The Labute approximate surface area is 127 Å². The Kier molecular flexibility index (Phi) is 4.09. The number of hydrogen-bond donors (Lipinski definition) is 0. The van der Waals surface area contributed by atoms with Crippen LogP contribution in [0.5, 0.6) is 11.5 Å². The molecule has 0 saturated heterocycles. The summed E-state index contributed by atoms with van der Waals surface area (Å²) in [7, 11) is 0. The van der Waals surface area contributed by atoms with E-state index in [-0.39, 0.29) is 0 Å². The number of hydrogen-bond acceptors (Lipinski definition) is 6. The van der Waals surface area contributed by atoms with Crippen LogP contribution in [0.1, 0.15) is 13.8 Å². The zero-order chi connectivity index (χ0) is 15.4. The maximum absolute atomic E-state index is 5.60. The summed E-state index contributed by atoms with van der Waals surface area (Å²) in [5, 5.41) is 3.98. The van der Waals surface area contributed by atoms with Crippen molar-refractivity contribution in [1.82, 2.24) is 10.1 Å². The summed E-state index contributed by atoms with van der Waals surface area (Å²) < 4.78 is 21.6. The molecule has 0 radical (unpaired) electrons. The van der Waals surface area contributed by atoms with Gasteiger partial charge in [0, 0.05) is 5.56 Å². The molecule has 22 heavy (non-hydrogen) atoms. The maximum atomic E-state index is 5.60. The second kappa shape index (κ2) is 6.34. The lowest BCUT2D eigenvalue weighted by molar-refractivity contribution is 0.288. The van der Waals surface area contributed by atoms with Crippen molar-refractivity contribution < 1.29 is 18.4 Å². The highest BCUT2D eigenvalue weighted by molar-refractivity contribution is 5.62. The summed E-state index contributed by atoms with van der Waals surface area (Å²) in [5.74, 6) is 2.70. The van der Waals surface area contributed by atoms with Gasteiger partial charge in [0.25, 0.3) is 5.89 Å². The van der Waals surface area contributed by atoms with E-state index in [2.05, 4.69) is 10.1 Å². The van der Waals surface area contributed by atoms with E-state index in [1.54, 1.807) is 18.4 Å². The fourth-order valence-electron chi connectivity index (χ4n) is 2.03. The minimum atomic E-state index is 0.340. The molecular formula is C16H16N2O4. The zero-order valence-electron chi connectivity index (χ0n) is 12.4. The second-order valence-corrected chi connectivity index (χ2v) is 4.43. The molecule has 1 aromatic carbocycles. The molecule has 0 fully saturated rings. The minimum Gasteiger partial charge on any atom is -0.490 e. The summed E-state index contributed by atoms with van der Waals surface area (Å²) in [4.78, 5) is 4.33. The molecule has 114 valence electrons. The van der Waals surface area contributed by atoms with Crippen LogP contribution in [0, 0.1) is 0 Å². The summed E-state index contributed by atoms with van der Waals surface area (Å²) in [6.07, 6.45) is 1.56. The Morgan fingerprint density at radius 1 is 1.05 bits per heavy atom. The molecule has 2 heterocycles. The lowest BCUT2D eigenvalue weighted by atomic mass is 10.2. The van der Waals surface area contributed by atoms with Crippen LogP contribution in [0.2, 0.25) is 0 Å². The first-order valence-electron chi connectivity index (χ1n) is 7.09. The monoisotopic (exact) mass is 300 g/mol. The number of ether oxygens (including phenoxy) is 2. The topological polar surface area (TPSA) is 70.5 Å². The summed E-state index contributed by atoms with van der Waals surface area (Å²) in [5.41, 5.74) is 0.786. The van der Waals surface area contributed by atoms with Crippen LogP contribution in [0.25, 0.3) is 23.0 Å². The van der Waals surface area contributed by atoms with E-state index in [0.29, 0.717) is 42.2 Å². The molecule has 0 amide bonds. The Bertz CT molecular complexity index is 734. The first kappa shape index (κ1) is 14.2. The third-order valence-corrected chi connectivity index (χ3v) is 2.96. The standard InChI is InChI=1S/C16H16N2O4/c1-3-19-12-8-7-11(10-14(12)20-4-2)15-17-16(22-18-15)13-6-5-9-21-13/h5-10H,3-4H2,1-2H3. The van der Waals surface area contributed by atoms with Gasteiger partial charge in [-0.25, -0.2) is 0 Å². The quantitative estimate of drug-likeness (QED) is 0.689. The summed E-state index contributed by atoms with van der Waals surface area (Å²) in [6.45, 7) is 4.97. The maximum Gasteiger partial charge on any atom is 0.293 e. The Morgan fingerprint density at radius 3 is 2.59 bits per heavy atom. The molecule has 0 saturated carbocycles. The smallest absolute Gasteiger partial charge is 0.293 e. The molecule has 0 aliphatic rings. The van der Waals surface area contributed by atoms with E-state index in [4.69, 9.17) is 18.4 Å². The molecule has 0 spiro atoms. The molecule has 6 heteroatoms. The van der Waals surface area contributed by atoms with E-state index in [1.165, 1.54) is 0 Å². The van der Waals surface area contributed by atoms with Gasteiger partial charge in [0.05, 0.1) is 19.5 Å². The third kappa shape index (κ3) is 2.81. The SMILES string of the molecule is CCOc1ccc(-c2noc(-c3ccco3)n2)cc1OCC. The molecule has 0 N–H and O–H groups in total. The van der Waals surface area contributed by atoms with Gasteiger partial charge in [0.1, 0.15) is 0 Å². The lowest BCUT2D eigenvalue weighted by Crippen LogP contribution is -1.98. The van der Waals surface area contributed by atoms with Crippen LogP contribution in [0.15, 0.2) is 45.5 Å². The van der Waals surface area contributed by atoms with Crippen molar-refractivity contribution in [2.75, 3.05) is 13.2 Å². The van der Waals surface area contributed by atoms with E-state index in [9.17, 15) is 0 Å². The molecule has 3 aromatic rings. The lowest BCUT2D eigenvalue weighted by Gasteiger charge is -2.11. The van der Waals surface area contributed by atoms with Gasteiger partial charge in [-0.1, -0.05) is 5.16 Å². The molecule has 2 aromatic heterocycles. The highest BCUT2D eigenvalue weighted by atomic mass is 16.5.